The van der Waals surface area contributed by atoms with Gasteiger partial charge in [0.1, 0.15) is 97.8 Å². The minimum atomic E-state index is -2.26. The predicted molar refractivity (Wildman–Crippen MR) is 289 cm³/mol. The quantitative estimate of drug-likeness (QED) is 0.0346. The van der Waals surface area contributed by atoms with Crippen molar-refractivity contribution in [2.75, 3.05) is 26.4 Å². The van der Waals surface area contributed by atoms with Crippen LogP contribution in [0.5, 0.6) is 0 Å². The van der Waals surface area contributed by atoms with Gasteiger partial charge in [-0.15, -0.1) is 0 Å². The molecule has 9 rings (SSSR count). The molecule has 490 valence electrons. The highest BCUT2D eigenvalue weighted by atomic mass is 16.8. The van der Waals surface area contributed by atoms with Gasteiger partial charge in [-0.1, -0.05) is 67.0 Å². The van der Waals surface area contributed by atoms with Crippen LogP contribution in [0, 0.1) is 56.2 Å². The van der Waals surface area contributed by atoms with E-state index in [0.717, 1.165) is 11.9 Å². The first-order valence-electron chi connectivity index (χ1n) is 30.2. The van der Waals surface area contributed by atoms with Crippen molar-refractivity contribution >= 4 is 24.2 Å². The minimum absolute atomic E-state index is 0.0292. The lowest BCUT2D eigenvalue weighted by Crippen LogP contribution is -2.72. The van der Waals surface area contributed by atoms with E-state index in [0.29, 0.717) is 32.1 Å². The summed E-state index contributed by atoms with van der Waals surface area (Å²) in [5, 5.41) is 144. The van der Waals surface area contributed by atoms with Crippen molar-refractivity contribution < 1.29 is 133 Å². The number of carbonyl (C=O) groups is 4. The Labute approximate surface area is 498 Å². The van der Waals surface area contributed by atoms with Crippen molar-refractivity contribution in [3.8, 4) is 0 Å². The number of carbonyl (C=O) groups excluding carboxylic acids is 3. The van der Waals surface area contributed by atoms with Crippen molar-refractivity contribution in [1.29, 1.82) is 0 Å². The maximum atomic E-state index is 14.2. The molecule has 0 aromatic heterocycles. The first kappa shape index (κ1) is 67.4. The molecule has 4 heterocycles. The average Bonchev–Trinajstić information content (AvgIpc) is 0.682. The summed E-state index contributed by atoms with van der Waals surface area (Å²) in [6, 6.07) is 0. The van der Waals surface area contributed by atoms with Crippen LogP contribution in [0.4, 0.5) is 0 Å². The Bertz CT molecular complexity index is 2480. The van der Waals surface area contributed by atoms with Gasteiger partial charge in [-0.2, -0.15) is 0 Å². The molecule has 5 aliphatic carbocycles. The maximum absolute atomic E-state index is 14.2. The molecular weight excluding hydrogens is 1140 g/mol. The van der Waals surface area contributed by atoms with E-state index in [9.17, 15) is 85.6 Å². The van der Waals surface area contributed by atoms with Gasteiger partial charge in [0.05, 0.1) is 49.5 Å². The van der Waals surface area contributed by atoms with Gasteiger partial charge in [-0.3, -0.25) is 9.59 Å². The zero-order valence-electron chi connectivity index (χ0n) is 50.2. The molecule has 27 heteroatoms. The van der Waals surface area contributed by atoms with Crippen LogP contribution in [0.15, 0.2) is 11.6 Å². The molecule has 27 nitrogen and oxygen atoms in total. The van der Waals surface area contributed by atoms with Crippen LogP contribution in [0.25, 0.3) is 0 Å². The molecule has 0 aromatic carbocycles. The van der Waals surface area contributed by atoms with E-state index in [1.807, 2.05) is 27.7 Å². The minimum Gasteiger partial charge on any atom is -0.479 e. The van der Waals surface area contributed by atoms with E-state index in [-0.39, 0.29) is 31.1 Å². The summed E-state index contributed by atoms with van der Waals surface area (Å²) >= 11 is 0. The Morgan fingerprint density at radius 1 is 0.674 bits per heavy atom. The molecule has 4 saturated carbocycles. The van der Waals surface area contributed by atoms with Gasteiger partial charge >= 0.3 is 17.9 Å². The number of hydrogen-bond acceptors (Lipinski definition) is 26. The zero-order chi connectivity index (χ0) is 63.3. The molecule has 0 spiro atoms. The molecule has 8 fully saturated rings. The summed E-state index contributed by atoms with van der Waals surface area (Å²) in [5.41, 5.74) is -4.63. The van der Waals surface area contributed by atoms with Crippen molar-refractivity contribution in [2.45, 2.75) is 249 Å². The smallest absolute Gasteiger partial charge is 0.335 e. The maximum Gasteiger partial charge on any atom is 0.335 e. The average molecular weight is 1230 g/mol. The van der Waals surface area contributed by atoms with Crippen molar-refractivity contribution in [3.63, 3.8) is 0 Å². The lowest BCUT2D eigenvalue weighted by molar-refractivity contribution is -0.395. The van der Waals surface area contributed by atoms with Crippen LogP contribution in [-0.2, 0) is 66.5 Å². The van der Waals surface area contributed by atoms with E-state index >= 15 is 0 Å². The number of carboxylic acid groups (broad SMARTS) is 1. The van der Waals surface area contributed by atoms with E-state index < -0.39 is 224 Å². The molecule has 0 aromatic rings. The fourth-order valence-corrected chi connectivity index (χ4v) is 17.2. The van der Waals surface area contributed by atoms with Crippen molar-refractivity contribution in [3.05, 3.63) is 11.6 Å². The first-order valence-corrected chi connectivity index (χ1v) is 30.2. The van der Waals surface area contributed by atoms with Gasteiger partial charge < -0.3 is 119 Å². The molecule has 9 aliphatic rings. The van der Waals surface area contributed by atoms with Crippen molar-refractivity contribution in [1.82, 2.24) is 0 Å². The Balaban J connectivity index is 1.03. The van der Waals surface area contributed by atoms with Crippen LogP contribution in [0.1, 0.15) is 114 Å². The van der Waals surface area contributed by atoms with Crippen LogP contribution in [-0.4, -0.2) is 252 Å². The Hall–Kier alpha value is -2.98. The second-order valence-electron chi connectivity index (χ2n) is 28.0. The normalized spacial score (nSPS) is 51.0. The molecule has 30 atom stereocenters. The van der Waals surface area contributed by atoms with Gasteiger partial charge in [0.2, 0.25) is 0 Å². The van der Waals surface area contributed by atoms with E-state index in [2.05, 4.69) is 26.8 Å². The Morgan fingerprint density at radius 2 is 1.30 bits per heavy atom. The lowest BCUT2D eigenvalue weighted by Gasteiger charge is -2.72. The highest BCUT2D eigenvalue weighted by Gasteiger charge is 2.74. The van der Waals surface area contributed by atoms with Crippen LogP contribution >= 0.6 is 0 Å². The number of rotatable bonds is 16. The van der Waals surface area contributed by atoms with Crippen LogP contribution in [0.3, 0.4) is 0 Å². The van der Waals surface area contributed by atoms with Gasteiger partial charge in [0.25, 0.3) is 0 Å². The van der Waals surface area contributed by atoms with Gasteiger partial charge in [-0.25, -0.2) is 4.79 Å². The third-order valence-electron chi connectivity index (χ3n) is 22.0. The molecule has 0 unspecified atom stereocenters. The highest BCUT2D eigenvalue weighted by molar-refractivity contribution is 5.73. The SMILES string of the molecule is CC(=O)O[C@H]1[C@H](OC(=O)CC(C)C)C(C)(C)C[C@H]2C3=CC[C@H]4[C@@]5(C)CC[C@H](O[C@@H]6O[C@H](C(=O)O)[C@@H](O)[C@H](O[C@@H]7OC[C@H](O)[C@H](O[C@@H]8OC[C@H](O)[C@H](O)[C@H]8O)[C@H]7O)[C@H]6O[C@@H]6O[C@H](CO)[C@H](O)[C@H](O)[C@H]6O)[C@@](C)(C=O)[C@@H]5CC[C@@]4(C)[C@]3(C)C[C@@H](O)[C@]21CO. The summed E-state index contributed by atoms with van der Waals surface area (Å²) in [4.78, 5) is 53.7. The third kappa shape index (κ3) is 11.2. The summed E-state index contributed by atoms with van der Waals surface area (Å²) in [7, 11) is 0. The number of aliphatic hydroxyl groups excluding tert-OH is 12. The van der Waals surface area contributed by atoms with Gasteiger partial charge in [0.15, 0.2) is 31.3 Å². The largest absolute Gasteiger partial charge is 0.479 e. The summed E-state index contributed by atoms with van der Waals surface area (Å²) in [5.74, 6) is -4.07. The summed E-state index contributed by atoms with van der Waals surface area (Å²) < 4.78 is 60.1. The van der Waals surface area contributed by atoms with E-state index in [1.165, 1.54) is 6.92 Å². The van der Waals surface area contributed by atoms with Crippen LogP contribution in [0.2, 0.25) is 0 Å². The summed E-state index contributed by atoms with van der Waals surface area (Å²) in [6.45, 7) is 14.4. The Kier molecular flexibility index (Phi) is 19.5. The van der Waals surface area contributed by atoms with E-state index in [1.54, 1.807) is 6.92 Å². The third-order valence-corrected chi connectivity index (χ3v) is 22.0. The topological polar surface area (TPSA) is 424 Å². The zero-order valence-corrected chi connectivity index (χ0v) is 50.2. The molecule has 4 aliphatic heterocycles. The van der Waals surface area contributed by atoms with E-state index in [4.69, 9.17) is 47.4 Å². The molecule has 0 bridgehead atoms. The first-order chi connectivity index (χ1) is 40.2. The highest BCUT2D eigenvalue weighted by Crippen LogP contribution is 2.76. The number of fused-ring (bicyclic) bond motifs is 7. The predicted octanol–water partition coefficient (Wildman–Crippen LogP) is -1.93. The van der Waals surface area contributed by atoms with Gasteiger partial charge in [-0.05, 0) is 84.9 Å². The van der Waals surface area contributed by atoms with Crippen molar-refractivity contribution in [2.24, 2.45) is 56.2 Å². The second-order valence-corrected chi connectivity index (χ2v) is 28.0. The number of aliphatic hydroxyl groups is 12. The fourth-order valence-electron chi connectivity index (χ4n) is 17.2. The second kappa shape index (κ2) is 24.9. The molecular formula is C59H92O27. The number of hydrogen-bond donors (Lipinski definition) is 13. The van der Waals surface area contributed by atoms with Gasteiger partial charge in [0, 0.05) is 18.8 Å². The standard InChI is InChI=1S/C59H92O27/c1-24(2)16-35(67)82-47-48(79-25(3)63)59(23-62)27(17-54(47,4)5)26-10-11-32-55(6)14-13-34(56(7,22-61)31(55)12-15-57(32,8)58(26,9)18-33(59)66)81-53-46(86-52-40(72)38(70)37(69)30(19-60)80-52)44(41(73)45(85-53)49(75)76)84-51-42(74)43(29(65)21-78-51)83-50-39(71)36(68)28(64)20-77-50/h10,22,24,27-34,36-48,50-53,60,62,64-66,68-74H,11-21,23H2,1-9H3,(H,75,76)/t27-,28-,29-,30+,31+,32-,33+,34-,36-,37-,38-,39+,40+,41-,42+,43-,44-,45-,46+,47-,48-,50-,51-,52-,53+,55-,56-,57+,58+,59-/m0/s1. The number of allylic oxidation sites excluding steroid dienone is 2. The molecule has 13 N–H and O–H groups in total. The Morgan fingerprint density at radius 3 is 1.92 bits per heavy atom. The summed E-state index contributed by atoms with van der Waals surface area (Å²) in [6.07, 6.45) is -33.3. The fraction of sp³-hybridized carbons (Fsp3) is 0.898. The number of aliphatic carboxylic acids is 1. The molecule has 0 radical (unpaired) electrons. The van der Waals surface area contributed by atoms with Crippen LogP contribution < -0.4 is 0 Å². The molecule has 0 amide bonds. The number of ether oxygens (including phenoxy) is 10. The number of carboxylic acids is 1. The number of esters is 2. The molecule has 86 heavy (non-hydrogen) atoms. The lowest BCUT2D eigenvalue weighted by atomic mass is 9.33. The number of aldehydes is 1. The molecule has 4 saturated heterocycles. The monoisotopic (exact) mass is 1230 g/mol.